The number of rotatable bonds is 7. The van der Waals surface area contributed by atoms with Crippen molar-refractivity contribution in [2.24, 2.45) is 5.92 Å². The number of hydrogen-bond acceptors (Lipinski definition) is 4. The number of methoxy groups -OCH3 is 1. The van der Waals surface area contributed by atoms with E-state index in [4.69, 9.17) is 9.84 Å². The van der Waals surface area contributed by atoms with Crippen molar-refractivity contribution in [2.45, 2.75) is 119 Å². The Balaban J connectivity index is 1.35. The lowest BCUT2D eigenvalue weighted by Crippen LogP contribution is -2.15. The minimum Gasteiger partial charge on any atom is -0.495 e. The summed E-state index contributed by atoms with van der Waals surface area (Å²) < 4.78 is 47.6. The van der Waals surface area contributed by atoms with E-state index in [-0.39, 0.29) is 16.3 Å². The first kappa shape index (κ1) is 33.9. The van der Waals surface area contributed by atoms with Crippen molar-refractivity contribution in [3.63, 3.8) is 0 Å². The molecular formula is C35H46BFNO5S. The fourth-order valence-corrected chi connectivity index (χ4v) is 7.57. The molecule has 0 aliphatic heterocycles. The molecule has 2 aliphatic rings. The summed E-state index contributed by atoms with van der Waals surface area (Å²) in [5, 5.41) is 9.13. The van der Waals surface area contributed by atoms with Gasteiger partial charge in [0, 0.05) is 17.5 Å². The third kappa shape index (κ3) is 10.3. The van der Waals surface area contributed by atoms with Crippen LogP contribution in [-0.2, 0) is 10.0 Å². The Morgan fingerprint density at radius 2 is 1.43 bits per heavy atom. The molecule has 2 saturated carbocycles. The third-order valence-electron chi connectivity index (χ3n) is 9.06. The molecule has 0 saturated heterocycles. The van der Waals surface area contributed by atoms with Crippen LogP contribution < -0.4 is 9.46 Å². The number of anilines is 1. The molecule has 2 N–H and O–H groups in total. The number of carboxylic acid groups (broad SMARTS) is 1. The highest BCUT2D eigenvalue weighted by atomic mass is 32.2. The van der Waals surface area contributed by atoms with Gasteiger partial charge < -0.3 is 9.84 Å². The molecule has 2 unspecified atom stereocenters. The van der Waals surface area contributed by atoms with Gasteiger partial charge in [-0.15, -0.1) is 0 Å². The molecule has 4 rings (SSSR count). The lowest BCUT2D eigenvalue weighted by Gasteiger charge is -2.26. The van der Waals surface area contributed by atoms with Gasteiger partial charge in [0.2, 0.25) is 0 Å². The lowest BCUT2D eigenvalue weighted by atomic mass is 9.49. The van der Waals surface area contributed by atoms with Crippen molar-refractivity contribution < 1.29 is 27.4 Å². The number of halogens is 1. The monoisotopic (exact) mass is 622 g/mol. The lowest BCUT2D eigenvalue weighted by molar-refractivity contribution is 0.0691. The SMILES string of the molecule is COc1cc(C(=O)O)c(F)cc1NS(=O)(=O)c1ccc(C#CC2CCCCC([B]C3CCCCCCCCCC3)CC2)cc1. The smallest absolute Gasteiger partial charge is 0.338 e. The number of sulfonamides is 1. The van der Waals surface area contributed by atoms with Crippen LogP contribution in [0.3, 0.4) is 0 Å². The fourth-order valence-electron chi connectivity index (χ4n) is 6.51. The zero-order valence-electron chi connectivity index (χ0n) is 26.0. The van der Waals surface area contributed by atoms with Crippen LogP contribution in [0.1, 0.15) is 119 Å². The summed E-state index contributed by atoms with van der Waals surface area (Å²) >= 11 is 0. The summed E-state index contributed by atoms with van der Waals surface area (Å²) in [5.41, 5.74) is -0.0580. The molecule has 2 fully saturated rings. The van der Waals surface area contributed by atoms with Gasteiger partial charge >= 0.3 is 5.97 Å². The second-order valence-electron chi connectivity index (χ2n) is 12.4. The summed E-state index contributed by atoms with van der Waals surface area (Å²) in [6, 6.07) is 8.03. The minimum absolute atomic E-state index is 0.0201. The normalized spacial score (nSPS) is 21.0. The maximum atomic E-state index is 14.2. The standard InChI is InChI=1S/C35H46BFNO5S/c1-43-34-24-31(35(39)40)32(37)25-33(34)38-44(41,42)30-22-19-27(20-23-30)17-16-26-12-10-11-15-29(21-18-26)36-28-13-8-6-4-2-3-5-7-9-14-28/h19-20,22-26,28-29,38H,2-15,18,21H2,1H3,(H,39,40). The zero-order valence-corrected chi connectivity index (χ0v) is 26.8. The first-order valence-electron chi connectivity index (χ1n) is 16.4. The van der Waals surface area contributed by atoms with Crippen LogP contribution in [0.2, 0.25) is 11.6 Å². The predicted octanol–water partition coefficient (Wildman–Crippen LogP) is 8.85. The molecule has 237 valence electrons. The van der Waals surface area contributed by atoms with Crippen LogP contribution in [0.15, 0.2) is 41.3 Å². The Kier molecular flexibility index (Phi) is 13.0. The van der Waals surface area contributed by atoms with Crippen molar-refractivity contribution >= 4 is 29.0 Å². The van der Waals surface area contributed by atoms with Gasteiger partial charge in [0.1, 0.15) is 18.8 Å². The summed E-state index contributed by atoms with van der Waals surface area (Å²) in [7, 11) is -0.117. The fraction of sp³-hybridized carbons (Fsp3) is 0.571. The van der Waals surface area contributed by atoms with Crippen molar-refractivity contribution in [1.29, 1.82) is 0 Å². The second-order valence-corrected chi connectivity index (χ2v) is 14.1. The quantitative estimate of drug-likeness (QED) is 0.238. The van der Waals surface area contributed by atoms with E-state index in [9.17, 15) is 17.6 Å². The van der Waals surface area contributed by atoms with Crippen molar-refractivity contribution in [2.75, 3.05) is 11.8 Å². The van der Waals surface area contributed by atoms with Crippen LogP contribution >= 0.6 is 0 Å². The zero-order chi connectivity index (χ0) is 31.4. The number of carbonyl (C=O) groups is 1. The van der Waals surface area contributed by atoms with Gasteiger partial charge in [-0.1, -0.05) is 113 Å². The van der Waals surface area contributed by atoms with Crippen LogP contribution in [0.5, 0.6) is 5.75 Å². The van der Waals surface area contributed by atoms with Gasteiger partial charge in [-0.2, -0.15) is 0 Å². The Labute approximate surface area is 263 Å². The Morgan fingerprint density at radius 3 is 2.05 bits per heavy atom. The van der Waals surface area contributed by atoms with Crippen LogP contribution in [0, 0.1) is 23.6 Å². The molecular weight excluding hydrogens is 576 g/mol. The summed E-state index contributed by atoms with van der Waals surface area (Å²) in [6.07, 6.45) is 20.9. The highest BCUT2D eigenvalue weighted by Crippen LogP contribution is 2.35. The van der Waals surface area contributed by atoms with Crippen LogP contribution in [-0.4, -0.2) is 33.9 Å². The van der Waals surface area contributed by atoms with E-state index in [2.05, 4.69) is 23.8 Å². The van der Waals surface area contributed by atoms with Gasteiger partial charge in [-0.05, 0) is 43.2 Å². The van der Waals surface area contributed by atoms with Gasteiger partial charge in [-0.25, -0.2) is 17.6 Å². The molecule has 2 aromatic rings. The minimum atomic E-state index is -4.08. The summed E-state index contributed by atoms with van der Waals surface area (Å²) in [4.78, 5) is 11.2. The van der Waals surface area contributed by atoms with Crippen LogP contribution in [0.25, 0.3) is 0 Å². The molecule has 0 aromatic heterocycles. The first-order valence-corrected chi connectivity index (χ1v) is 17.8. The van der Waals surface area contributed by atoms with E-state index in [1.807, 2.05) is 0 Å². The average molecular weight is 623 g/mol. The van der Waals surface area contributed by atoms with E-state index in [0.29, 0.717) is 11.7 Å². The molecule has 44 heavy (non-hydrogen) atoms. The van der Waals surface area contributed by atoms with Gasteiger partial charge in [0.25, 0.3) is 10.0 Å². The summed E-state index contributed by atoms with van der Waals surface area (Å²) in [6.45, 7) is 0. The molecule has 2 aromatic carbocycles. The largest absolute Gasteiger partial charge is 0.495 e. The molecule has 0 amide bonds. The van der Waals surface area contributed by atoms with Gasteiger partial charge in [0.15, 0.2) is 0 Å². The third-order valence-corrected chi connectivity index (χ3v) is 10.4. The molecule has 2 aliphatic carbocycles. The topological polar surface area (TPSA) is 92.7 Å². The van der Waals surface area contributed by atoms with Crippen LogP contribution in [0.4, 0.5) is 10.1 Å². The molecule has 2 atom stereocenters. The number of carboxylic acids is 1. The molecule has 1 radical (unpaired) electrons. The Bertz CT molecular complexity index is 1390. The molecule has 0 spiro atoms. The van der Waals surface area contributed by atoms with Crippen molar-refractivity contribution in [3.05, 3.63) is 53.3 Å². The molecule has 6 nitrogen and oxygen atoms in total. The van der Waals surface area contributed by atoms with E-state index < -0.39 is 27.4 Å². The Morgan fingerprint density at radius 1 is 0.864 bits per heavy atom. The first-order chi connectivity index (χ1) is 21.2. The maximum absolute atomic E-state index is 14.2. The van der Waals surface area contributed by atoms with Crippen molar-refractivity contribution in [1.82, 2.24) is 0 Å². The maximum Gasteiger partial charge on any atom is 0.338 e. The summed E-state index contributed by atoms with van der Waals surface area (Å²) in [5.74, 6) is 5.86. The highest BCUT2D eigenvalue weighted by Gasteiger charge is 2.23. The predicted molar refractivity (Wildman–Crippen MR) is 175 cm³/mol. The average Bonchev–Trinajstić information content (AvgIpc) is 3.04. The number of hydrogen-bond donors (Lipinski definition) is 2. The molecule has 0 bridgehead atoms. The van der Waals surface area contributed by atoms with E-state index in [0.717, 1.165) is 36.4 Å². The van der Waals surface area contributed by atoms with Gasteiger partial charge in [0.05, 0.1) is 23.3 Å². The number of ether oxygens (including phenoxy) is 1. The van der Waals surface area contributed by atoms with E-state index >= 15 is 0 Å². The molecule has 9 heteroatoms. The van der Waals surface area contributed by atoms with Gasteiger partial charge in [-0.3, -0.25) is 4.72 Å². The highest BCUT2D eigenvalue weighted by molar-refractivity contribution is 7.92. The number of nitrogens with one attached hydrogen (secondary N) is 1. The Hall–Kier alpha value is -2.99. The number of aromatic carboxylic acids is 1. The van der Waals surface area contributed by atoms with E-state index in [1.54, 1.807) is 12.1 Å². The second kappa shape index (κ2) is 16.9. The number of benzene rings is 2. The molecule has 0 heterocycles. The van der Waals surface area contributed by atoms with Crippen molar-refractivity contribution in [3.8, 4) is 17.6 Å². The van der Waals surface area contributed by atoms with E-state index in [1.165, 1.54) is 109 Å².